The molecule has 0 aliphatic rings. The van der Waals surface area contributed by atoms with Crippen LogP contribution in [0.25, 0.3) is 10.9 Å². The van der Waals surface area contributed by atoms with Crippen LogP contribution in [0.2, 0.25) is 0 Å². The Bertz CT molecular complexity index is 824. The van der Waals surface area contributed by atoms with Crippen molar-refractivity contribution < 1.29 is 9.90 Å². The van der Waals surface area contributed by atoms with Crippen LogP contribution in [0, 0.1) is 0 Å². The Morgan fingerprint density at radius 3 is 2.73 bits per heavy atom. The van der Waals surface area contributed by atoms with Crippen molar-refractivity contribution in [2.75, 3.05) is 11.1 Å². The van der Waals surface area contributed by atoms with Gasteiger partial charge in [-0.05, 0) is 42.8 Å². The maximum atomic E-state index is 12.3. The molecule has 112 valence electrons. The highest BCUT2D eigenvalue weighted by Crippen LogP contribution is 2.24. The van der Waals surface area contributed by atoms with E-state index in [1.165, 1.54) is 0 Å². The molecule has 6 heteroatoms. The van der Waals surface area contributed by atoms with E-state index in [-0.39, 0.29) is 17.6 Å². The molecular weight excluding hydrogens is 280 g/mol. The summed E-state index contributed by atoms with van der Waals surface area (Å²) in [4.78, 5) is 12.3. The van der Waals surface area contributed by atoms with E-state index >= 15 is 0 Å². The zero-order chi connectivity index (χ0) is 15.7. The molecule has 22 heavy (non-hydrogen) atoms. The van der Waals surface area contributed by atoms with Crippen LogP contribution in [-0.2, 0) is 4.79 Å². The van der Waals surface area contributed by atoms with Crippen LogP contribution in [0.1, 0.15) is 18.4 Å². The molecule has 0 spiro atoms. The summed E-state index contributed by atoms with van der Waals surface area (Å²) in [6, 6.07) is 12.0. The van der Waals surface area contributed by atoms with Gasteiger partial charge in [0.25, 0.3) is 0 Å². The number of carbonyl (C=O) groups is 1. The third-order valence-electron chi connectivity index (χ3n) is 3.65. The van der Waals surface area contributed by atoms with Crippen LogP contribution in [0.5, 0.6) is 5.75 Å². The molecule has 1 heterocycles. The summed E-state index contributed by atoms with van der Waals surface area (Å²) in [6.07, 6.45) is 0. The lowest BCUT2D eigenvalue weighted by molar-refractivity contribution is -0.117. The number of aromatic hydroxyl groups is 1. The van der Waals surface area contributed by atoms with Crippen LogP contribution in [0.15, 0.2) is 42.5 Å². The van der Waals surface area contributed by atoms with Crippen molar-refractivity contribution >= 4 is 28.3 Å². The number of rotatable bonds is 3. The number of aromatic nitrogens is 2. The van der Waals surface area contributed by atoms with Gasteiger partial charge in [-0.25, -0.2) is 0 Å². The average molecular weight is 296 g/mol. The molecule has 0 saturated carbocycles. The molecule has 1 aromatic heterocycles. The first-order chi connectivity index (χ1) is 10.5. The molecule has 0 saturated heterocycles. The van der Waals surface area contributed by atoms with Crippen molar-refractivity contribution in [1.29, 1.82) is 0 Å². The predicted octanol–water partition coefficient (Wildman–Crippen LogP) is 2.59. The molecule has 1 atom stereocenters. The fourth-order valence-corrected chi connectivity index (χ4v) is 2.28. The maximum absolute atomic E-state index is 12.3. The molecule has 0 aliphatic heterocycles. The number of phenols is 1. The van der Waals surface area contributed by atoms with E-state index in [0.29, 0.717) is 11.5 Å². The number of nitrogens with one attached hydrogen (secondary N) is 2. The van der Waals surface area contributed by atoms with Gasteiger partial charge in [0, 0.05) is 11.1 Å². The largest absolute Gasteiger partial charge is 0.508 e. The maximum Gasteiger partial charge on any atom is 0.231 e. The Balaban J connectivity index is 1.79. The summed E-state index contributed by atoms with van der Waals surface area (Å²) in [5.41, 5.74) is 8.08. The van der Waals surface area contributed by atoms with Gasteiger partial charge in [0.1, 0.15) is 5.75 Å². The molecule has 0 radical (unpaired) electrons. The Hall–Kier alpha value is -3.02. The second-order valence-corrected chi connectivity index (χ2v) is 5.17. The molecule has 0 aliphatic carbocycles. The highest BCUT2D eigenvalue weighted by Gasteiger charge is 2.15. The molecule has 6 nitrogen and oxygen atoms in total. The van der Waals surface area contributed by atoms with Gasteiger partial charge in [-0.1, -0.05) is 12.1 Å². The van der Waals surface area contributed by atoms with E-state index in [0.717, 1.165) is 16.5 Å². The molecule has 0 fully saturated rings. The van der Waals surface area contributed by atoms with Crippen LogP contribution < -0.4 is 11.1 Å². The molecular formula is C16H16N4O2. The molecule has 0 bridgehead atoms. The van der Waals surface area contributed by atoms with E-state index in [4.69, 9.17) is 5.73 Å². The molecule has 1 amide bonds. The topological polar surface area (TPSA) is 104 Å². The van der Waals surface area contributed by atoms with Crippen molar-refractivity contribution in [1.82, 2.24) is 10.2 Å². The number of carbonyl (C=O) groups excluding carboxylic acids is 1. The number of benzene rings is 2. The molecule has 3 aromatic rings. The fourth-order valence-electron chi connectivity index (χ4n) is 2.28. The van der Waals surface area contributed by atoms with Crippen molar-refractivity contribution in [2.45, 2.75) is 12.8 Å². The summed E-state index contributed by atoms with van der Waals surface area (Å²) < 4.78 is 0. The van der Waals surface area contributed by atoms with E-state index < -0.39 is 0 Å². The van der Waals surface area contributed by atoms with Crippen molar-refractivity contribution in [3.8, 4) is 5.75 Å². The van der Waals surface area contributed by atoms with Gasteiger partial charge in [-0.3, -0.25) is 9.89 Å². The lowest BCUT2D eigenvalue weighted by Gasteiger charge is -2.13. The Labute approximate surface area is 127 Å². The average Bonchev–Trinajstić information content (AvgIpc) is 2.88. The second kappa shape index (κ2) is 5.40. The van der Waals surface area contributed by atoms with E-state index in [1.807, 2.05) is 13.0 Å². The Morgan fingerprint density at radius 2 is 2.00 bits per heavy atom. The minimum atomic E-state index is -0.335. The van der Waals surface area contributed by atoms with Crippen LogP contribution in [0.4, 0.5) is 11.5 Å². The third-order valence-corrected chi connectivity index (χ3v) is 3.65. The number of nitrogen functional groups attached to an aromatic ring is 1. The zero-order valence-corrected chi connectivity index (χ0v) is 12.0. The van der Waals surface area contributed by atoms with Gasteiger partial charge < -0.3 is 16.2 Å². The number of amides is 1. The van der Waals surface area contributed by atoms with Gasteiger partial charge in [0.05, 0.1) is 11.4 Å². The quantitative estimate of drug-likeness (QED) is 0.596. The first kappa shape index (κ1) is 13.9. The molecule has 3 rings (SSSR count). The Morgan fingerprint density at radius 1 is 1.27 bits per heavy atom. The first-order valence-corrected chi connectivity index (χ1v) is 6.88. The minimum Gasteiger partial charge on any atom is -0.508 e. The number of hydrogen-bond acceptors (Lipinski definition) is 4. The number of anilines is 2. The highest BCUT2D eigenvalue weighted by atomic mass is 16.3. The van der Waals surface area contributed by atoms with Crippen molar-refractivity contribution in [3.05, 3.63) is 48.0 Å². The number of aromatic amines is 1. The van der Waals surface area contributed by atoms with Crippen LogP contribution >= 0.6 is 0 Å². The summed E-state index contributed by atoms with van der Waals surface area (Å²) >= 11 is 0. The van der Waals surface area contributed by atoms with E-state index in [2.05, 4.69) is 15.5 Å². The monoisotopic (exact) mass is 296 g/mol. The summed E-state index contributed by atoms with van der Waals surface area (Å²) in [5.74, 6) is 0.111. The lowest BCUT2D eigenvalue weighted by atomic mass is 10.00. The number of phenolic OH excluding ortho intramolecular Hbond substituents is 1. The van der Waals surface area contributed by atoms with Gasteiger partial charge in [-0.2, -0.15) is 5.10 Å². The normalized spacial score (nSPS) is 12.2. The minimum absolute atomic E-state index is 0.132. The number of nitrogens with two attached hydrogens (primary N) is 1. The van der Waals surface area contributed by atoms with E-state index in [9.17, 15) is 9.90 Å². The van der Waals surface area contributed by atoms with Crippen molar-refractivity contribution in [3.63, 3.8) is 0 Å². The van der Waals surface area contributed by atoms with Crippen LogP contribution in [-0.4, -0.2) is 21.2 Å². The van der Waals surface area contributed by atoms with Crippen LogP contribution in [0.3, 0.4) is 0 Å². The van der Waals surface area contributed by atoms with Gasteiger partial charge >= 0.3 is 0 Å². The molecule has 5 N–H and O–H groups in total. The SMILES string of the molecule is C[C@@H](C(=O)Nc1ccc2[nH]nc(N)c2c1)c1ccc(O)cc1. The molecule has 2 aromatic carbocycles. The number of hydrogen-bond donors (Lipinski definition) is 4. The number of nitrogens with zero attached hydrogens (tertiary/aromatic N) is 1. The fraction of sp³-hybridized carbons (Fsp3) is 0.125. The predicted molar refractivity (Wildman–Crippen MR) is 85.7 cm³/mol. The number of fused-ring (bicyclic) bond motifs is 1. The second-order valence-electron chi connectivity index (χ2n) is 5.17. The standard InChI is InChI=1S/C16H16N4O2/c1-9(10-2-5-12(21)6-3-10)16(22)18-11-4-7-14-13(8-11)15(17)20-19-14/h2-9,21H,1H3,(H,18,22)(H3,17,19,20)/t9-/m1/s1. The lowest BCUT2D eigenvalue weighted by Crippen LogP contribution is -2.18. The van der Waals surface area contributed by atoms with Gasteiger partial charge in [0.15, 0.2) is 5.82 Å². The molecule has 0 unspecified atom stereocenters. The number of H-pyrrole nitrogens is 1. The van der Waals surface area contributed by atoms with E-state index in [1.54, 1.807) is 36.4 Å². The summed E-state index contributed by atoms with van der Waals surface area (Å²) in [7, 11) is 0. The van der Waals surface area contributed by atoms with Gasteiger partial charge in [0.2, 0.25) is 5.91 Å². The Kier molecular flexibility index (Phi) is 3.42. The van der Waals surface area contributed by atoms with Crippen molar-refractivity contribution in [2.24, 2.45) is 0 Å². The highest BCUT2D eigenvalue weighted by molar-refractivity contribution is 5.99. The third kappa shape index (κ3) is 2.58. The first-order valence-electron chi connectivity index (χ1n) is 6.88. The van der Waals surface area contributed by atoms with Gasteiger partial charge in [-0.15, -0.1) is 0 Å². The smallest absolute Gasteiger partial charge is 0.231 e. The zero-order valence-electron chi connectivity index (χ0n) is 12.0. The summed E-state index contributed by atoms with van der Waals surface area (Å²) in [6.45, 7) is 1.81. The summed E-state index contributed by atoms with van der Waals surface area (Å²) in [5, 5.41) is 19.7.